The lowest BCUT2D eigenvalue weighted by atomic mass is 10.3. The fourth-order valence-corrected chi connectivity index (χ4v) is 2.45. The van der Waals surface area contributed by atoms with Crippen LogP contribution in [0.25, 0.3) is 0 Å². The normalized spacial score (nSPS) is 11.2. The van der Waals surface area contributed by atoms with Crippen LogP contribution in [0.15, 0.2) is 35.4 Å². The summed E-state index contributed by atoms with van der Waals surface area (Å²) in [4.78, 5) is 11.6. The number of halogens is 1. The van der Waals surface area contributed by atoms with Crippen LogP contribution in [0.3, 0.4) is 0 Å². The van der Waals surface area contributed by atoms with E-state index in [0.29, 0.717) is 10.7 Å². The minimum Gasteiger partial charge on any atom is -0.308 e. The highest BCUT2D eigenvalue weighted by molar-refractivity contribution is 7.89. The van der Waals surface area contributed by atoms with E-state index in [1.54, 1.807) is 24.3 Å². The number of sulfonamides is 1. The summed E-state index contributed by atoms with van der Waals surface area (Å²) in [6.07, 6.45) is 1.20. The first-order valence-electron chi connectivity index (χ1n) is 5.66. The molecule has 0 bridgehead atoms. The SMILES string of the molecule is Cn1cc(S(N)(=O)=O)c(NC(=O)Nc2cccc(Cl)c2)n1. The molecule has 1 heterocycles. The van der Waals surface area contributed by atoms with Crippen molar-refractivity contribution in [1.82, 2.24) is 9.78 Å². The van der Waals surface area contributed by atoms with Gasteiger partial charge in [0.25, 0.3) is 0 Å². The number of aromatic nitrogens is 2. The number of hydrogen-bond acceptors (Lipinski definition) is 4. The molecule has 2 amide bonds. The van der Waals surface area contributed by atoms with E-state index >= 15 is 0 Å². The summed E-state index contributed by atoms with van der Waals surface area (Å²) in [7, 11) is -2.48. The zero-order chi connectivity index (χ0) is 15.6. The number of hydrogen-bond donors (Lipinski definition) is 3. The Bertz CT molecular complexity index is 787. The fraction of sp³-hybridized carbons (Fsp3) is 0.0909. The number of anilines is 2. The van der Waals surface area contributed by atoms with Crippen LogP contribution in [0.4, 0.5) is 16.3 Å². The van der Waals surface area contributed by atoms with Crippen molar-refractivity contribution in [3.05, 3.63) is 35.5 Å². The van der Waals surface area contributed by atoms with Crippen molar-refractivity contribution < 1.29 is 13.2 Å². The van der Waals surface area contributed by atoms with Crippen LogP contribution in [0.1, 0.15) is 0 Å². The number of benzene rings is 1. The van der Waals surface area contributed by atoms with Crippen LogP contribution in [0, 0.1) is 0 Å². The maximum atomic E-state index is 11.8. The molecule has 0 aliphatic rings. The van der Waals surface area contributed by atoms with Crippen LogP contribution < -0.4 is 15.8 Å². The minimum atomic E-state index is -3.98. The number of rotatable bonds is 3. The second kappa shape index (κ2) is 5.72. The number of aryl methyl sites for hydroxylation is 1. The second-order valence-electron chi connectivity index (χ2n) is 4.15. The molecule has 0 aliphatic carbocycles. The highest BCUT2D eigenvalue weighted by Gasteiger charge is 2.19. The number of nitrogens with zero attached hydrogens (tertiary/aromatic N) is 2. The van der Waals surface area contributed by atoms with Gasteiger partial charge in [0.05, 0.1) is 0 Å². The van der Waals surface area contributed by atoms with Crippen molar-refractivity contribution in [2.75, 3.05) is 10.6 Å². The van der Waals surface area contributed by atoms with Crippen molar-refractivity contribution in [1.29, 1.82) is 0 Å². The monoisotopic (exact) mass is 329 g/mol. The first-order chi connectivity index (χ1) is 9.75. The van der Waals surface area contributed by atoms with Gasteiger partial charge in [-0.2, -0.15) is 5.10 Å². The first kappa shape index (κ1) is 15.3. The third-order valence-corrected chi connectivity index (χ3v) is 3.56. The van der Waals surface area contributed by atoms with E-state index in [0.717, 1.165) is 0 Å². The van der Waals surface area contributed by atoms with Crippen molar-refractivity contribution in [2.45, 2.75) is 4.90 Å². The van der Waals surface area contributed by atoms with E-state index in [2.05, 4.69) is 15.7 Å². The standard InChI is InChI=1S/C11H12ClN5O3S/c1-17-6-9(21(13,19)20)10(16-17)15-11(18)14-8-4-2-3-7(12)5-8/h2-6H,1H3,(H2,13,19,20)(H2,14,15,16,18). The fourth-order valence-electron chi connectivity index (χ4n) is 1.60. The topological polar surface area (TPSA) is 119 Å². The number of urea groups is 1. The Morgan fingerprint density at radius 2 is 2.10 bits per heavy atom. The number of carbonyl (C=O) groups is 1. The Morgan fingerprint density at radius 3 is 2.71 bits per heavy atom. The highest BCUT2D eigenvalue weighted by Crippen LogP contribution is 2.18. The summed E-state index contributed by atoms with van der Waals surface area (Å²) >= 11 is 5.79. The van der Waals surface area contributed by atoms with E-state index < -0.39 is 16.1 Å². The average molecular weight is 330 g/mol. The van der Waals surface area contributed by atoms with Crippen LogP contribution >= 0.6 is 11.6 Å². The molecule has 0 fully saturated rings. The van der Waals surface area contributed by atoms with Gasteiger partial charge in [-0.05, 0) is 18.2 Å². The van der Waals surface area contributed by atoms with Crippen LogP contribution in [-0.4, -0.2) is 24.2 Å². The van der Waals surface area contributed by atoms with Gasteiger partial charge < -0.3 is 5.32 Å². The van der Waals surface area contributed by atoms with E-state index in [9.17, 15) is 13.2 Å². The molecule has 0 aliphatic heterocycles. The van der Waals surface area contributed by atoms with Gasteiger partial charge in [-0.1, -0.05) is 17.7 Å². The van der Waals surface area contributed by atoms with E-state index in [4.69, 9.17) is 16.7 Å². The van der Waals surface area contributed by atoms with Crippen molar-refractivity contribution >= 4 is 39.2 Å². The molecule has 8 nitrogen and oxygen atoms in total. The van der Waals surface area contributed by atoms with Gasteiger partial charge in [0, 0.05) is 24.0 Å². The Kier molecular flexibility index (Phi) is 4.16. The number of nitrogens with two attached hydrogens (primary N) is 1. The molecule has 21 heavy (non-hydrogen) atoms. The lowest BCUT2D eigenvalue weighted by molar-refractivity contribution is 0.262. The van der Waals surface area contributed by atoms with E-state index in [1.807, 2.05) is 0 Å². The van der Waals surface area contributed by atoms with Gasteiger partial charge in [0.15, 0.2) is 5.82 Å². The van der Waals surface area contributed by atoms with Crippen molar-refractivity contribution in [2.24, 2.45) is 12.2 Å². The molecule has 2 aromatic rings. The molecule has 0 atom stereocenters. The quantitative estimate of drug-likeness (QED) is 0.787. The molecule has 0 radical (unpaired) electrons. The van der Waals surface area contributed by atoms with Gasteiger partial charge in [0.1, 0.15) is 4.90 Å². The maximum Gasteiger partial charge on any atom is 0.324 e. The summed E-state index contributed by atoms with van der Waals surface area (Å²) in [5.74, 6) is -0.153. The van der Waals surface area contributed by atoms with Crippen LogP contribution in [-0.2, 0) is 17.1 Å². The molecule has 0 saturated carbocycles. The number of amides is 2. The van der Waals surface area contributed by atoms with Crippen molar-refractivity contribution in [3.8, 4) is 0 Å². The number of nitrogens with one attached hydrogen (secondary N) is 2. The molecule has 0 spiro atoms. The molecule has 10 heteroatoms. The molecular weight excluding hydrogens is 318 g/mol. The van der Waals surface area contributed by atoms with Gasteiger partial charge >= 0.3 is 6.03 Å². The highest BCUT2D eigenvalue weighted by atomic mass is 35.5. The Labute approximate surface area is 125 Å². The Balaban J connectivity index is 2.17. The molecule has 0 unspecified atom stereocenters. The third kappa shape index (κ3) is 3.94. The third-order valence-electron chi connectivity index (χ3n) is 2.42. The average Bonchev–Trinajstić information content (AvgIpc) is 2.69. The molecule has 1 aromatic carbocycles. The smallest absolute Gasteiger partial charge is 0.308 e. The summed E-state index contributed by atoms with van der Waals surface area (Å²) in [6.45, 7) is 0. The Morgan fingerprint density at radius 1 is 1.38 bits per heavy atom. The van der Waals surface area contributed by atoms with Gasteiger partial charge in [-0.15, -0.1) is 0 Å². The van der Waals surface area contributed by atoms with E-state index in [1.165, 1.54) is 17.9 Å². The van der Waals surface area contributed by atoms with E-state index in [-0.39, 0.29) is 10.7 Å². The number of carbonyl (C=O) groups excluding carboxylic acids is 1. The summed E-state index contributed by atoms with van der Waals surface area (Å²) < 4.78 is 24.0. The molecule has 0 saturated heterocycles. The first-order valence-corrected chi connectivity index (χ1v) is 7.58. The van der Waals surface area contributed by atoms with Crippen LogP contribution in [0.5, 0.6) is 0 Å². The lowest BCUT2D eigenvalue weighted by Crippen LogP contribution is -2.22. The summed E-state index contributed by atoms with van der Waals surface area (Å²) in [5.41, 5.74) is 0.452. The predicted molar refractivity (Wildman–Crippen MR) is 78.7 cm³/mol. The van der Waals surface area contributed by atoms with Crippen LogP contribution in [0.2, 0.25) is 5.02 Å². The zero-order valence-electron chi connectivity index (χ0n) is 10.9. The minimum absolute atomic E-state index is 0.153. The second-order valence-corrected chi connectivity index (χ2v) is 6.12. The number of primary sulfonamides is 1. The Hall–Kier alpha value is -2.10. The molecule has 2 rings (SSSR count). The predicted octanol–water partition coefficient (Wildman–Crippen LogP) is 1.36. The molecule has 112 valence electrons. The molecular formula is C11H12ClN5O3S. The maximum absolute atomic E-state index is 11.8. The molecule has 1 aromatic heterocycles. The zero-order valence-corrected chi connectivity index (χ0v) is 12.4. The molecule has 4 N–H and O–H groups in total. The van der Waals surface area contributed by atoms with Gasteiger partial charge in [0.2, 0.25) is 10.0 Å². The summed E-state index contributed by atoms with van der Waals surface area (Å²) in [6, 6.07) is 5.82. The summed E-state index contributed by atoms with van der Waals surface area (Å²) in [5, 5.41) is 14.2. The largest absolute Gasteiger partial charge is 0.324 e. The van der Waals surface area contributed by atoms with Crippen molar-refractivity contribution in [3.63, 3.8) is 0 Å². The lowest BCUT2D eigenvalue weighted by Gasteiger charge is -2.06. The van der Waals surface area contributed by atoms with Gasteiger partial charge in [-0.25, -0.2) is 18.4 Å². The van der Waals surface area contributed by atoms with Gasteiger partial charge in [-0.3, -0.25) is 10.00 Å².